The van der Waals surface area contributed by atoms with Gasteiger partial charge in [0.2, 0.25) is 11.6 Å². The van der Waals surface area contributed by atoms with Crippen LogP contribution in [0.25, 0.3) is 10.9 Å². The SMILES string of the molecule is COCCCn1cc(CN(C(=O)[C@H]2CN(C(=O)OC(C)(C)C)C[C@](F)(C(=O)O)C2)C2CC2)c2ccccc21. The highest BCUT2D eigenvalue weighted by atomic mass is 19.1. The Kier molecular flexibility index (Phi) is 8.01. The molecule has 1 aromatic carbocycles. The molecular formula is C28H38FN3O6. The van der Waals surface area contributed by atoms with Crippen molar-refractivity contribution in [2.24, 2.45) is 5.92 Å². The molecule has 0 spiro atoms. The molecule has 2 aromatic rings. The molecule has 2 amide bonds. The number of likely N-dealkylation sites (tertiary alicyclic amines) is 1. The maximum Gasteiger partial charge on any atom is 0.410 e. The average Bonchev–Trinajstić information content (AvgIpc) is 3.63. The lowest BCUT2D eigenvalue weighted by atomic mass is 9.85. The summed E-state index contributed by atoms with van der Waals surface area (Å²) in [6.07, 6.45) is 3.25. The predicted molar refractivity (Wildman–Crippen MR) is 139 cm³/mol. The van der Waals surface area contributed by atoms with E-state index in [0.717, 1.165) is 47.2 Å². The third-order valence-electron chi connectivity index (χ3n) is 7.07. The average molecular weight is 532 g/mol. The summed E-state index contributed by atoms with van der Waals surface area (Å²) >= 11 is 0. The Bertz CT molecular complexity index is 1190. The van der Waals surface area contributed by atoms with Crippen molar-refractivity contribution >= 4 is 28.9 Å². The third-order valence-corrected chi connectivity index (χ3v) is 7.07. The normalized spacial score (nSPS) is 21.9. The number of methoxy groups -OCH3 is 1. The summed E-state index contributed by atoms with van der Waals surface area (Å²) < 4.78 is 28.3. The molecule has 2 heterocycles. The van der Waals surface area contributed by atoms with E-state index in [4.69, 9.17) is 9.47 Å². The number of carboxylic acids is 1. The topological polar surface area (TPSA) is 101 Å². The Morgan fingerprint density at radius 3 is 2.55 bits per heavy atom. The number of carbonyl (C=O) groups is 3. The first-order chi connectivity index (χ1) is 17.9. The first-order valence-electron chi connectivity index (χ1n) is 13.2. The molecule has 1 aromatic heterocycles. The molecule has 1 aliphatic carbocycles. The fourth-order valence-corrected chi connectivity index (χ4v) is 5.14. The zero-order chi connectivity index (χ0) is 27.7. The monoisotopic (exact) mass is 531 g/mol. The number of rotatable bonds is 9. The van der Waals surface area contributed by atoms with Crippen molar-refractivity contribution in [3.8, 4) is 0 Å². The van der Waals surface area contributed by atoms with Crippen molar-refractivity contribution in [2.45, 2.75) is 76.9 Å². The molecule has 10 heteroatoms. The smallest absolute Gasteiger partial charge is 0.410 e. The second-order valence-electron chi connectivity index (χ2n) is 11.4. The van der Waals surface area contributed by atoms with Gasteiger partial charge < -0.3 is 28.9 Å². The first-order valence-corrected chi connectivity index (χ1v) is 13.2. The van der Waals surface area contributed by atoms with Crippen LogP contribution >= 0.6 is 0 Å². The van der Waals surface area contributed by atoms with Crippen LogP contribution in [0.15, 0.2) is 30.5 Å². The number of hydrogen-bond donors (Lipinski definition) is 1. The van der Waals surface area contributed by atoms with E-state index in [1.807, 2.05) is 30.5 Å². The fourth-order valence-electron chi connectivity index (χ4n) is 5.14. The van der Waals surface area contributed by atoms with Crippen molar-refractivity contribution in [3.63, 3.8) is 0 Å². The summed E-state index contributed by atoms with van der Waals surface area (Å²) in [6, 6.07) is 8.00. The molecule has 4 rings (SSSR count). The summed E-state index contributed by atoms with van der Waals surface area (Å²) in [6.45, 7) is 6.03. The summed E-state index contributed by atoms with van der Waals surface area (Å²) in [5.41, 5.74) is -1.54. The highest BCUT2D eigenvalue weighted by molar-refractivity contribution is 5.87. The number of hydrogen-bond acceptors (Lipinski definition) is 5. The van der Waals surface area contributed by atoms with E-state index in [-0.39, 0.29) is 18.5 Å². The van der Waals surface area contributed by atoms with E-state index >= 15 is 4.39 Å². The molecule has 1 aliphatic heterocycles. The molecule has 0 radical (unpaired) electrons. The Morgan fingerprint density at radius 1 is 1.21 bits per heavy atom. The lowest BCUT2D eigenvalue weighted by Crippen LogP contribution is -2.58. The quantitative estimate of drug-likeness (QED) is 0.487. The molecule has 1 N–H and O–H groups in total. The molecule has 2 aliphatic rings. The molecule has 0 unspecified atom stereocenters. The molecule has 1 saturated carbocycles. The van der Waals surface area contributed by atoms with Crippen molar-refractivity contribution in [1.29, 1.82) is 0 Å². The van der Waals surface area contributed by atoms with Gasteiger partial charge in [-0.15, -0.1) is 0 Å². The highest BCUT2D eigenvalue weighted by Gasteiger charge is 2.51. The number of nitrogens with zero attached hydrogens (tertiary/aromatic N) is 3. The number of carbonyl (C=O) groups excluding carboxylic acids is 2. The molecule has 2 fully saturated rings. The molecule has 208 valence electrons. The van der Waals surface area contributed by atoms with Crippen LogP contribution in [0.4, 0.5) is 9.18 Å². The minimum atomic E-state index is -2.73. The Hall–Kier alpha value is -3.14. The number of ether oxygens (including phenoxy) is 2. The number of fused-ring (bicyclic) bond motifs is 1. The molecule has 9 nitrogen and oxygen atoms in total. The zero-order valence-electron chi connectivity index (χ0n) is 22.6. The summed E-state index contributed by atoms with van der Waals surface area (Å²) in [4.78, 5) is 41.3. The van der Waals surface area contributed by atoms with Gasteiger partial charge in [0.25, 0.3) is 0 Å². The first kappa shape index (κ1) is 27.9. The summed E-state index contributed by atoms with van der Waals surface area (Å²) in [5.74, 6) is -3.01. The number of aromatic nitrogens is 1. The van der Waals surface area contributed by atoms with Crippen LogP contribution in [0, 0.1) is 5.92 Å². The third kappa shape index (κ3) is 6.28. The maximum absolute atomic E-state index is 15.6. The van der Waals surface area contributed by atoms with Crippen LogP contribution in [-0.4, -0.2) is 81.6 Å². The number of aliphatic carboxylic acids is 1. The second kappa shape index (κ2) is 10.9. The lowest BCUT2D eigenvalue weighted by Gasteiger charge is -2.40. The van der Waals surface area contributed by atoms with Crippen molar-refractivity contribution < 1.29 is 33.4 Å². The Labute approximate surface area is 222 Å². The van der Waals surface area contributed by atoms with Gasteiger partial charge >= 0.3 is 12.1 Å². The van der Waals surface area contributed by atoms with E-state index in [0.29, 0.717) is 13.2 Å². The van der Waals surface area contributed by atoms with Crippen LogP contribution in [0.1, 0.15) is 52.0 Å². The predicted octanol–water partition coefficient (Wildman–Crippen LogP) is 4.22. The van der Waals surface area contributed by atoms with Crippen LogP contribution in [-0.2, 0) is 32.2 Å². The fraction of sp³-hybridized carbons (Fsp3) is 0.607. The maximum atomic E-state index is 15.6. The van der Waals surface area contributed by atoms with Gasteiger partial charge in [-0.3, -0.25) is 4.79 Å². The van der Waals surface area contributed by atoms with E-state index < -0.39 is 42.2 Å². The van der Waals surface area contributed by atoms with Gasteiger partial charge in [0.05, 0.1) is 12.5 Å². The van der Waals surface area contributed by atoms with Crippen molar-refractivity contribution in [2.75, 3.05) is 26.8 Å². The minimum absolute atomic E-state index is 0.00819. The van der Waals surface area contributed by atoms with Gasteiger partial charge in [-0.2, -0.15) is 0 Å². The standard InChI is InChI=1S/C28H38FN3O6/c1-27(2,3)38-26(36)31-15-19(14-28(29,18-31)25(34)35)24(33)32(21-10-11-21)17-20-16-30(12-7-13-37-4)23-9-6-5-8-22(20)23/h5-6,8-9,16,19,21H,7,10-15,17-18H2,1-4H3,(H,34,35)/t19-,28+/m1/s1. The number of aryl methyl sites for hydroxylation is 1. The van der Waals surface area contributed by atoms with Gasteiger partial charge in [-0.1, -0.05) is 18.2 Å². The summed E-state index contributed by atoms with van der Waals surface area (Å²) in [7, 11) is 1.67. The lowest BCUT2D eigenvalue weighted by molar-refractivity contribution is -0.159. The second-order valence-corrected chi connectivity index (χ2v) is 11.4. The number of benzene rings is 1. The van der Waals surface area contributed by atoms with E-state index in [2.05, 4.69) is 4.57 Å². The Morgan fingerprint density at radius 2 is 1.92 bits per heavy atom. The Balaban J connectivity index is 1.59. The van der Waals surface area contributed by atoms with Gasteiger partial charge in [-0.05, 0) is 51.7 Å². The van der Waals surface area contributed by atoms with E-state index in [9.17, 15) is 19.5 Å². The zero-order valence-corrected chi connectivity index (χ0v) is 22.6. The molecule has 0 bridgehead atoms. The number of piperidine rings is 1. The number of halogens is 1. The van der Waals surface area contributed by atoms with Crippen LogP contribution < -0.4 is 0 Å². The molecule has 1 saturated heterocycles. The largest absolute Gasteiger partial charge is 0.479 e. The number of amides is 2. The van der Waals surface area contributed by atoms with Crippen LogP contribution in [0.5, 0.6) is 0 Å². The van der Waals surface area contributed by atoms with Gasteiger partial charge in [0, 0.05) is 62.9 Å². The van der Waals surface area contributed by atoms with E-state index in [1.165, 1.54) is 0 Å². The van der Waals surface area contributed by atoms with Gasteiger partial charge in [0.1, 0.15) is 5.60 Å². The van der Waals surface area contributed by atoms with Crippen molar-refractivity contribution in [1.82, 2.24) is 14.4 Å². The molecule has 38 heavy (non-hydrogen) atoms. The van der Waals surface area contributed by atoms with Crippen LogP contribution in [0.2, 0.25) is 0 Å². The highest BCUT2D eigenvalue weighted by Crippen LogP contribution is 2.36. The van der Waals surface area contributed by atoms with Crippen LogP contribution in [0.3, 0.4) is 0 Å². The van der Waals surface area contributed by atoms with E-state index in [1.54, 1.807) is 32.8 Å². The number of alkyl halides is 1. The number of para-hydroxylation sites is 1. The van der Waals surface area contributed by atoms with Crippen molar-refractivity contribution in [3.05, 3.63) is 36.0 Å². The molecule has 2 atom stereocenters. The number of carboxylic acid groups (broad SMARTS) is 1. The minimum Gasteiger partial charge on any atom is -0.479 e. The van der Waals surface area contributed by atoms with Gasteiger partial charge in [0.15, 0.2) is 0 Å². The van der Waals surface area contributed by atoms with Gasteiger partial charge in [-0.25, -0.2) is 14.0 Å². The summed E-state index contributed by atoms with van der Waals surface area (Å²) in [5, 5.41) is 10.7. The molecular weight excluding hydrogens is 493 g/mol.